The molecule has 1 aliphatic heterocycles. The number of rotatable bonds is 12. The van der Waals surface area contributed by atoms with Crippen molar-refractivity contribution in [1.29, 1.82) is 0 Å². The second-order valence-electron chi connectivity index (χ2n) is 12.1. The Morgan fingerprint density at radius 2 is 1.43 bits per heavy atom. The van der Waals surface area contributed by atoms with Crippen LogP contribution in [0.4, 0.5) is 11.4 Å². The smallest absolute Gasteiger partial charge is 0.126 e. The van der Waals surface area contributed by atoms with E-state index in [-0.39, 0.29) is 6.17 Å². The number of benzene rings is 3. The molecule has 2 aliphatic carbocycles. The molecule has 40 heavy (non-hydrogen) atoms. The summed E-state index contributed by atoms with van der Waals surface area (Å²) < 4.78 is 17.1. The van der Waals surface area contributed by atoms with Crippen LogP contribution >= 0.6 is 0 Å². The van der Waals surface area contributed by atoms with E-state index in [4.69, 9.17) is 14.2 Å². The van der Waals surface area contributed by atoms with Gasteiger partial charge in [0, 0.05) is 20.2 Å². The van der Waals surface area contributed by atoms with E-state index in [0.717, 1.165) is 30.8 Å². The summed E-state index contributed by atoms with van der Waals surface area (Å²) in [4.78, 5) is 5.26. The van der Waals surface area contributed by atoms with Crippen LogP contribution in [-0.2, 0) is 20.8 Å². The number of methoxy groups -OCH3 is 1. The number of anilines is 2. The van der Waals surface area contributed by atoms with E-state index in [1.165, 1.54) is 72.7 Å². The molecule has 2 fully saturated rings. The van der Waals surface area contributed by atoms with Gasteiger partial charge in [-0.3, -0.25) is 0 Å². The highest BCUT2D eigenvalue weighted by atomic mass is 16.5. The first-order chi connectivity index (χ1) is 19.8. The van der Waals surface area contributed by atoms with Gasteiger partial charge in [0.1, 0.15) is 6.17 Å². The van der Waals surface area contributed by atoms with Gasteiger partial charge < -0.3 is 24.0 Å². The molecule has 6 rings (SSSR count). The maximum absolute atomic E-state index is 6.32. The third kappa shape index (κ3) is 6.32. The van der Waals surface area contributed by atoms with Crippen LogP contribution in [0.2, 0.25) is 0 Å². The predicted molar refractivity (Wildman–Crippen MR) is 164 cm³/mol. The minimum atomic E-state index is 0.173. The Labute approximate surface area is 240 Å². The maximum atomic E-state index is 6.32. The van der Waals surface area contributed by atoms with Crippen molar-refractivity contribution >= 4 is 22.1 Å². The van der Waals surface area contributed by atoms with Crippen LogP contribution in [0.3, 0.4) is 0 Å². The Morgan fingerprint density at radius 3 is 2.27 bits per heavy atom. The van der Waals surface area contributed by atoms with Gasteiger partial charge in [0.05, 0.1) is 44.4 Å². The van der Waals surface area contributed by atoms with Crippen molar-refractivity contribution in [2.24, 2.45) is 17.8 Å². The first kappa shape index (κ1) is 27.6. The van der Waals surface area contributed by atoms with Gasteiger partial charge in [-0.25, -0.2) is 0 Å². The summed E-state index contributed by atoms with van der Waals surface area (Å²) in [5.41, 5.74) is 4.02. The standard InChI is InChI=1S/C35H46N2O3/c1-38-18-19-39-20-21-40-26-35-36(24-27-14-16-29-8-2-4-10-31(29)22-27)33-12-6-7-13-34(33)37(35)25-28-15-17-30-9-3-5-11-32(30)23-28/h2,4,6-8,10,12-14,16,22,28,30,32,35H,3,5,9,11,15,17-21,23-26H2,1H3. The van der Waals surface area contributed by atoms with E-state index in [2.05, 4.69) is 76.5 Å². The van der Waals surface area contributed by atoms with Crippen LogP contribution in [0.1, 0.15) is 50.5 Å². The highest BCUT2D eigenvalue weighted by molar-refractivity contribution is 5.83. The second kappa shape index (κ2) is 13.4. The zero-order valence-electron chi connectivity index (χ0n) is 24.2. The largest absolute Gasteiger partial charge is 0.382 e. The van der Waals surface area contributed by atoms with E-state index < -0.39 is 0 Å². The maximum Gasteiger partial charge on any atom is 0.126 e. The Bertz CT molecular complexity index is 1230. The van der Waals surface area contributed by atoms with Crippen LogP contribution in [0.5, 0.6) is 0 Å². The Kier molecular flexibility index (Phi) is 9.22. The first-order valence-corrected chi connectivity index (χ1v) is 15.5. The Morgan fingerprint density at radius 1 is 0.700 bits per heavy atom. The molecule has 0 radical (unpaired) electrons. The number of fused-ring (bicyclic) bond motifs is 3. The highest BCUT2D eigenvalue weighted by Gasteiger charge is 2.39. The molecule has 1 heterocycles. The molecule has 214 valence electrons. The number of nitrogens with zero attached hydrogens (tertiary/aromatic N) is 2. The van der Waals surface area contributed by atoms with Gasteiger partial charge in [-0.2, -0.15) is 0 Å². The number of ether oxygens (including phenoxy) is 3. The SMILES string of the molecule is COCCOCCOCC1N(Cc2ccc3ccccc3c2)c2ccccc2N1CC1CCC2CCCCC2C1. The van der Waals surface area contributed by atoms with Gasteiger partial charge in [0.25, 0.3) is 0 Å². The average Bonchev–Trinajstić information content (AvgIpc) is 3.28. The van der Waals surface area contributed by atoms with Gasteiger partial charge in [-0.1, -0.05) is 74.2 Å². The van der Waals surface area contributed by atoms with Gasteiger partial charge >= 0.3 is 0 Å². The number of hydrogen-bond acceptors (Lipinski definition) is 5. The average molecular weight is 543 g/mol. The number of hydrogen-bond donors (Lipinski definition) is 0. The molecule has 0 amide bonds. The van der Waals surface area contributed by atoms with Crippen LogP contribution < -0.4 is 9.80 Å². The molecule has 0 N–H and O–H groups in total. The minimum Gasteiger partial charge on any atom is -0.382 e. The van der Waals surface area contributed by atoms with Crippen LogP contribution in [0.15, 0.2) is 66.7 Å². The molecule has 2 saturated carbocycles. The summed E-state index contributed by atoms with van der Waals surface area (Å²) in [5.74, 6) is 2.68. The molecule has 0 spiro atoms. The molecule has 4 atom stereocenters. The summed E-state index contributed by atoms with van der Waals surface area (Å²) in [6.07, 6.45) is 10.2. The lowest BCUT2D eigenvalue weighted by Crippen LogP contribution is -2.48. The predicted octanol–water partition coefficient (Wildman–Crippen LogP) is 7.28. The molecule has 3 aromatic carbocycles. The molecule has 4 unspecified atom stereocenters. The Balaban J connectivity index is 1.21. The molecular weight excluding hydrogens is 496 g/mol. The fraction of sp³-hybridized carbons (Fsp3) is 0.543. The van der Waals surface area contributed by atoms with Crippen molar-refractivity contribution in [3.8, 4) is 0 Å². The summed E-state index contributed by atoms with van der Waals surface area (Å²) in [7, 11) is 1.71. The summed E-state index contributed by atoms with van der Waals surface area (Å²) in [6, 6.07) is 24.6. The molecule has 3 aromatic rings. The summed E-state index contributed by atoms with van der Waals surface area (Å²) in [5, 5.41) is 2.59. The lowest BCUT2D eigenvalue weighted by molar-refractivity contribution is 0.0209. The van der Waals surface area contributed by atoms with E-state index in [0.29, 0.717) is 33.0 Å². The van der Waals surface area contributed by atoms with E-state index in [9.17, 15) is 0 Å². The first-order valence-electron chi connectivity index (χ1n) is 15.5. The third-order valence-electron chi connectivity index (χ3n) is 9.56. The van der Waals surface area contributed by atoms with Crippen LogP contribution in [-0.4, -0.2) is 52.9 Å². The van der Waals surface area contributed by atoms with Crippen molar-refractivity contribution in [3.05, 3.63) is 72.3 Å². The van der Waals surface area contributed by atoms with Crippen molar-refractivity contribution in [3.63, 3.8) is 0 Å². The van der Waals surface area contributed by atoms with Crippen molar-refractivity contribution < 1.29 is 14.2 Å². The zero-order chi connectivity index (χ0) is 27.1. The lowest BCUT2D eigenvalue weighted by atomic mass is 9.67. The van der Waals surface area contributed by atoms with Crippen LogP contribution in [0, 0.1) is 17.8 Å². The van der Waals surface area contributed by atoms with Gasteiger partial charge in [-0.05, 0) is 71.6 Å². The molecule has 3 aliphatic rings. The fourth-order valence-corrected chi connectivity index (χ4v) is 7.53. The molecule has 5 heteroatoms. The quantitative estimate of drug-likeness (QED) is 0.225. The van der Waals surface area contributed by atoms with Gasteiger partial charge in [0.15, 0.2) is 0 Å². The topological polar surface area (TPSA) is 34.2 Å². The molecular formula is C35H46N2O3. The fourth-order valence-electron chi connectivity index (χ4n) is 7.53. The summed E-state index contributed by atoms with van der Waals surface area (Å²) >= 11 is 0. The second-order valence-corrected chi connectivity index (χ2v) is 12.1. The van der Waals surface area contributed by atoms with Crippen molar-refractivity contribution in [2.45, 2.75) is 57.7 Å². The zero-order valence-corrected chi connectivity index (χ0v) is 24.2. The molecule has 0 aromatic heterocycles. The van der Waals surface area contributed by atoms with Crippen molar-refractivity contribution in [1.82, 2.24) is 0 Å². The van der Waals surface area contributed by atoms with E-state index in [1.54, 1.807) is 7.11 Å². The van der Waals surface area contributed by atoms with Gasteiger partial charge in [-0.15, -0.1) is 0 Å². The summed E-state index contributed by atoms with van der Waals surface area (Å²) in [6.45, 7) is 5.07. The Hall–Kier alpha value is -2.60. The monoisotopic (exact) mass is 542 g/mol. The highest BCUT2D eigenvalue weighted by Crippen LogP contribution is 2.46. The molecule has 5 nitrogen and oxygen atoms in total. The third-order valence-corrected chi connectivity index (χ3v) is 9.56. The molecule has 0 bridgehead atoms. The van der Waals surface area contributed by atoms with E-state index in [1.807, 2.05) is 0 Å². The normalized spacial score (nSPS) is 24.3. The van der Waals surface area contributed by atoms with E-state index >= 15 is 0 Å². The lowest BCUT2D eigenvalue weighted by Gasteiger charge is -2.42. The van der Waals surface area contributed by atoms with Crippen LogP contribution in [0.25, 0.3) is 10.8 Å². The van der Waals surface area contributed by atoms with Crippen molar-refractivity contribution in [2.75, 3.05) is 56.5 Å². The molecule has 0 saturated heterocycles. The number of para-hydroxylation sites is 2. The van der Waals surface area contributed by atoms with Gasteiger partial charge in [0.2, 0.25) is 0 Å². The minimum absolute atomic E-state index is 0.173.